The molecule has 0 aliphatic carbocycles. The average Bonchev–Trinajstić information content (AvgIpc) is 2.47. The van der Waals surface area contributed by atoms with Crippen LogP contribution in [0.2, 0.25) is 0 Å². The number of amides is 2. The van der Waals surface area contributed by atoms with Gasteiger partial charge in [0.2, 0.25) is 11.8 Å². The van der Waals surface area contributed by atoms with E-state index in [1.54, 1.807) is 0 Å². The molecule has 2 amide bonds. The van der Waals surface area contributed by atoms with Gasteiger partial charge in [0.1, 0.15) is 0 Å². The Hall–Kier alpha value is -0.460. The summed E-state index contributed by atoms with van der Waals surface area (Å²) in [5, 5.41) is 2.99. The summed E-state index contributed by atoms with van der Waals surface area (Å²) in [7, 11) is 0. The summed E-state index contributed by atoms with van der Waals surface area (Å²) in [4.78, 5) is 25.9. The predicted octanol–water partition coefficient (Wildman–Crippen LogP) is 1.64. The molecule has 1 saturated heterocycles. The summed E-state index contributed by atoms with van der Waals surface area (Å²) >= 11 is 1.38. The van der Waals surface area contributed by atoms with Crippen LogP contribution in [0.4, 0.5) is 0 Å². The van der Waals surface area contributed by atoms with Gasteiger partial charge in [-0.3, -0.25) is 9.59 Å². The Kier molecular flexibility index (Phi) is 10.1. The van der Waals surface area contributed by atoms with E-state index in [4.69, 9.17) is 5.73 Å². The van der Waals surface area contributed by atoms with Crippen molar-refractivity contribution in [2.75, 3.05) is 31.1 Å². The number of rotatable bonds is 7. The van der Waals surface area contributed by atoms with Gasteiger partial charge in [0.25, 0.3) is 0 Å². The molecule has 7 heteroatoms. The standard InChI is InChI=1S/C15H29N3O2S.ClH/c1-12(2)15(3,11-16)17-13(19)9-21-10-14(20)18-7-5-4-6-8-18;/h12H,4-11,16H2,1-3H3,(H,17,19);1H. The molecule has 0 radical (unpaired) electrons. The van der Waals surface area contributed by atoms with Crippen LogP contribution in [0, 0.1) is 5.92 Å². The summed E-state index contributed by atoms with van der Waals surface area (Å²) in [5.74, 6) is 1.06. The van der Waals surface area contributed by atoms with Crippen LogP contribution < -0.4 is 11.1 Å². The maximum atomic E-state index is 12.0. The quantitative estimate of drug-likeness (QED) is 0.731. The van der Waals surface area contributed by atoms with Crippen LogP contribution in [0.15, 0.2) is 0 Å². The molecule has 0 spiro atoms. The highest BCUT2D eigenvalue weighted by Gasteiger charge is 2.28. The minimum absolute atomic E-state index is 0. The topological polar surface area (TPSA) is 75.4 Å². The van der Waals surface area contributed by atoms with Crippen molar-refractivity contribution in [2.45, 2.75) is 45.6 Å². The highest BCUT2D eigenvalue weighted by molar-refractivity contribution is 8.00. The lowest BCUT2D eigenvalue weighted by Gasteiger charge is -2.33. The minimum Gasteiger partial charge on any atom is -0.349 e. The molecule has 0 aromatic heterocycles. The normalized spacial score (nSPS) is 17.6. The molecule has 1 aliphatic heterocycles. The van der Waals surface area contributed by atoms with Crippen LogP contribution in [-0.4, -0.2) is 53.4 Å². The number of nitrogens with zero attached hydrogens (tertiary/aromatic N) is 1. The van der Waals surface area contributed by atoms with Gasteiger partial charge in [-0.2, -0.15) is 0 Å². The molecule has 1 rings (SSSR count). The molecule has 1 heterocycles. The number of hydrogen-bond donors (Lipinski definition) is 2. The van der Waals surface area contributed by atoms with E-state index >= 15 is 0 Å². The van der Waals surface area contributed by atoms with Gasteiger partial charge in [-0.05, 0) is 32.1 Å². The van der Waals surface area contributed by atoms with Gasteiger partial charge in [-0.1, -0.05) is 13.8 Å². The molecule has 0 aromatic carbocycles. The van der Waals surface area contributed by atoms with Crippen molar-refractivity contribution < 1.29 is 9.59 Å². The fourth-order valence-electron chi connectivity index (χ4n) is 2.25. The molecular weight excluding hydrogens is 322 g/mol. The number of hydrogen-bond acceptors (Lipinski definition) is 4. The zero-order valence-electron chi connectivity index (χ0n) is 13.9. The summed E-state index contributed by atoms with van der Waals surface area (Å²) in [6.07, 6.45) is 3.41. The fraction of sp³-hybridized carbons (Fsp3) is 0.867. The summed E-state index contributed by atoms with van der Waals surface area (Å²) < 4.78 is 0. The second kappa shape index (κ2) is 10.3. The van der Waals surface area contributed by atoms with Crippen molar-refractivity contribution in [3.8, 4) is 0 Å². The van der Waals surface area contributed by atoms with E-state index in [1.165, 1.54) is 18.2 Å². The van der Waals surface area contributed by atoms with E-state index in [9.17, 15) is 9.59 Å². The first kappa shape index (κ1) is 21.5. The molecule has 1 aliphatic rings. The van der Waals surface area contributed by atoms with E-state index in [2.05, 4.69) is 5.32 Å². The Labute approximate surface area is 144 Å². The Bertz CT molecular complexity index is 363. The van der Waals surface area contributed by atoms with Crippen molar-refractivity contribution >= 4 is 36.0 Å². The smallest absolute Gasteiger partial charge is 0.232 e. The summed E-state index contributed by atoms with van der Waals surface area (Å²) in [6.45, 7) is 8.18. The first-order chi connectivity index (χ1) is 9.89. The summed E-state index contributed by atoms with van der Waals surface area (Å²) in [6, 6.07) is 0. The number of carbonyl (C=O) groups excluding carboxylic acids is 2. The Morgan fingerprint density at radius 2 is 1.82 bits per heavy atom. The van der Waals surface area contributed by atoms with Crippen molar-refractivity contribution in [2.24, 2.45) is 11.7 Å². The highest BCUT2D eigenvalue weighted by Crippen LogP contribution is 2.15. The van der Waals surface area contributed by atoms with Crippen LogP contribution in [0.25, 0.3) is 0 Å². The van der Waals surface area contributed by atoms with Gasteiger partial charge in [0.15, 0.2) is 0 Å². The van der Waals surface area contributed by atoms with Crippen molar-refractivity contribution in [3.05, 3.63) is 0 Å². The first-order valence-electron chi connectivity index (χ1n) is 7.75. The Morgan fingerprint density at radius 1 is 1.23 bits per heavy atom. The lowest BCUT2D eigenvalue weighted by molar-refractivity contribution is -0.129. The van der Waals surface area contributed by atoms with Crippen LogP contribution in [-0.2, 0) is 9.59 Å². The van der Waals surface area contributed by atoms with Crippen molar-refractivity contribution in [3.63, 3.8) is 0 Å². The van der Waals surface area contributed by atoms with Crippen molar-refractivity contribution in [1.29, 1.82) is 0 Å². The third-order valence-corrected chi connectivity index (χ3v) is 5.21. The number of nitrogens with two attached hydrogens (primary N) is 1. The third kappa shape index (κ3) is 6.75. The zero-order valence-corrected chi connectivity index (χ0v) is 15.5. The second-order valence-electron chi connectivity index (χ2n) is 6.26. The maximum absolute atomic E-state index is 12.0. The molecule has 0 aromatic rings. The summed E-state index contributed by atoms with van der Waals surface area (Å²) in [5.41, 5.74) is 5.37. The number of carbonyl (C=O) groups is 2. The van der Waals surface area contributed by atoms with E-state index in [0.717, 1.165) is 25.9 Å². The minimum atomic E-state index is -0.380. The average molecular weight is 352 g/mol. The van der Waals surface area contributed by atoms with Gasteiger partial charge < -0.3 is 16.0 Å². The molecule has 1 unspecified atom stereocenters. The molecule has 3 N–H and O–H groups in total. The molecule has 0 bridgehead atoms. The lowest BCUT2D eigenvalue weighted by atomic mass is 9.88. The number of piperidine rings is 1. The van der Waals surface area contributed by atoms with Crippen LogP contribution >= 0.6 is 24.2 Å². The van der Waals surface area contributed by atoms with Crippen LogP contribution in [0.3, 0.4) is 0 Å². The highest BCUT2D eigenvalue weighted by atomic mass is 35.5. The van der Waals surface area contributed by atoms with Crippen molar-refractivity contribution in [1.82, 2.24) is 10.2 Å². The second-order valence-corrected chi connectivity index (χ2v) is 7.24. The fourth-order valence-corrected chi connectivity index (χ4v) is 2.97. The van der Waals surface area contributed by atoms with Gasteiger partial charge >= 0.3 is 0 Å². The maximum Gasteiger partial charge on any atom is 0.232 e. The van der Waals surface area contributed by atoms with E-state index < -0.39 is 0 Å². The molecule has 22 heavy (non-hydrogen) atoms. The SMILES string of the molecule is CC(C)C(C)(CN)NC(=O)CSCC(=O)N1CCCCC1.Cl. The molecular formula is C15H30ClN3O2S. The molecule has 1 fully saturated rings. The van der Waals surface area contributed by atoms with Crippen LogP contribution in [0.1, 0.15) is 40.0 Å². The number of halogens is 1. The van der Waals surface area contributed by atoms with Gasteiger partial charge in [-0.25, -0.2) is 0 Å². The molecule has 1 atom stereocenters. The van der Waals surface area contributed by atoms with Gasteiger partial charge in [0, 0.05) is 19.6 Å². The Balaban J connectivity index is 0.00000441. The van der Waals surface area contributed by atoms with Gasteiger partial charge in [0.05, 0.1) is 17.0 Å². The molecule has 130 valence electrons. The number of nitrogens with one attached hydrogen (secondary N) is 1. The Morgan fingerprint density at radius 3 is 2.32 bits per heavy atom. The predicted molar refractivity (Wildman–Crippen MR) is 95.4 cm³/mol. The zero-order chi connectivity index (χ0) is 15.9. The number of thioether (sulfide) groups is 1. The van der Waals surface area contributed by atoms with Gasteiger partial charge in [-0.15, -0.1) is 24.2 Å². The number of likely N-dealkylation sites (tertiary alicyclic amines) is 1. The van der Waals surface area contributed by atoms with E-state index in [0.29, 0.717) is 18.1 Å². The largest absolute Gasteiger partial charge is 0.349 e. The van der Waals surface area contributed by atoms with Crippen LogP contribution in [0.5, 0.6) is 0 Å². The molecule has 0 saturated carbocycles. The first-order valence-corrected chi connectivity index (χ1v) is 8.91. The monoisotopic (exact) mass is 351 g/mol. The lowest BCUT2D eigenvalue weighted by Crippen LogP contribution is -2.55. The molecule has 5 nitrogen and oxygen atoms in total. The third-order valence-electron chi connectivity index (χ3n) is 4.29. The van der Waals surface area contributed by atoms with E-state index in [-0.39, 0.29) is 35.7 Å². The van der Waals surface area contributed by atoms with E-state index in [1.807, 2.05) is 25.7 Å².